The van der Waals surface area contributed by atoms with E-state index in [-0.39, 0.29) is 34.9 Å². The van der Waals surface area contributed by atoms with Crippen LogP contribution in [0.25, 0.3) is 0 Å². The van der Waals surface area contributed by atoms with Gasteiger partial charge in [-0.05, 0) is 42.8 Å². The summed E-state index contributed by atoms with van der Waals surface area (Å²) in [5.41, 5.74) is 11.5. The molecule has 4 amide bonds. The maximum Gasteiger partial charge on any atom is 0.255 e. The Kier molecular flexibility index (Phi) is 7.11. The first-order chi connectivity index (χ1) is 13.3. The van der Waals surface area contributed by atoms with Crippen LogP contribution >= 0.6 is 11.6 Å². The van der Waals surface area contributed by atoms with Gasteiger partial charge < -0.3 is 22.1 Å². The fourth-order valence-electron chi connectivity index (χ4n) is 2.38. The third kappa shape index (κ3) is 6.10. The number of primary amides is 2. The summed E-state index contributed by atoms with van der Waals surface area (Å²) in [7, 11) is 0. The Morgan fingerprint density at radius 3 is 2.18 bits per heavy atom. The van der Waals surface area contributed by atoms with Crippen LogP contribution in [0.15, 0.2) is 42.5 Å². The summed E-state index contributed by atoms with van der Waals surface area (Å²) in [4.78, 5) is 46.1. The standard InChI is InChI=1S/C19H19ClN4O4/c20-15-9-11(7-8-14(15)18(22)27)19(28)24-13-4-1-3-12(10-13)23-17(26)6-2-5-16(21)25/h1,3-4,7-10H,2,5-6H2,(H2,21,25)(H2,22,27)(H,23,26)(H,24,28). The van der Waals surface area contributed by atoms with Crippen LogP contribution in [-0.2, 0) is 9.59 Å². The molecule has 0 aliphatic carbocycles. The Bertz CT molecular complexity index is 930. The minimum atomic E-state index is -0.684. The van der Waals surface area contributed by atoms with Crippen molar-refractivity contribution in [1.29, 1.82) is 0 Å². The average molecular weight is 403 g/mol. The molecule has 0 fully saturated rings. The Labute approximate surface area is 166 Å². The van der Waals surface area contributed by atoms with Gasteiger partial charge in [-0.3, -0.25) is 19.2 Å². The maximum absolute atomic E-state index is 12.4. The van der Waals surface area contributed by atoms with Gasteiger partial charge in [-0.2, -0.15) is 0 Å². The molecule has 28 heavy (non-hydrogen) atoms. The SMILES string of the molecule is NC(=O)CCCC(=O)Nc1cccc(NC(=O)c2ccc(C(N)=O)c(Cl)c2)c1. The van der Waals surface area contributed by atoms with Crippen LogP contribution in [-0.4, -0.2) is 23.6 Å². The van der Waals surface area contributed by atoms with Crippen molar-refractivity contribution < 1.29 is 19.2 Å². The van der Waals surface area contributed by atoms with Crippen molar-refractivity contribution in [2.24, 2.45) is 11.5 Å². The van der Waals surface area contributed by atoms with Crippen LogP contribution in [0.1, 0.15) is 40.0 Å². The molecule has 0 atom stereocenters. The van der Waals surface area contributed by atoms with Gasteiger partial charge in [0.25, 0.3) is 5.91 Å². The number of carbonyl (C=O) groups excluding carboxylic acids is 4. The lowest BCUT2D eigenvalue weighted by Crippen LogP contribution is -2.16. The van der Waals surface area contributed by atoms with Crippen molar-refractivity contribution in [1.82, 2.24) is 0 Å². The number of hydrogen-bond acceptors (Lipinski definition) is 4. The molecule has 0 aliphatic heterocycles. The summed E-state index contributed by atoms with van der Waals surface area (Å²) in [5, 5.41) is 5.44. The van der Waals surface area contributed by atoms with Gasteiger partial charge in [-0.25, -0.2) is 0 Å². The highest BCUT2D eigenvalue weighted by Crippen LogP contribution is 2.20. The topological polar surface area (TPSA) is 144 Å². The molecule has 2 aromatic rings. The van der Waals surface area contributed by atoms with Crippen LogP contribution < -0.4 is 22.1 Å². The van der Waals surface area contributed by atoms with Gasteiger partial charge in [-0.1, -0.05) is 17.7 Å². The van der Waals surface area contributed by atoms with E-state index in [2.05, 4.69) is 10.6 Å². The highest BCUT2D eigenvalue weighted by molar-refractivity contribution is 6.34. The molecule has 8 nitrogen and oxygen atoms in total. The quantitative estimate of drug-likeness (QED) is 0.536. The van der Waals surface area contributed by atoms with E-state index in [1.54, 1.807) is 24.3 Å². The van der Waals surface area contributed by atoms with Crippen LogP contribution in [0.2, 0.25) is 5.02 Å². The first-order valence-electron chi connectivity index (χ1n) is 8.35. The molecule has 0 aromatic heterocycles. The lowest BCUT2D eigenvalue weighted by atomic mass is 10.1. The molecule has 0 saturated carbocycles. The third-order valence-corrected chi connectivity index (χ3v) is 4.04. The van der Waals surface area contributed by atoms with E-state index in [9.17, 15) is 19.2 Å². The summed E-state index contributed by atoms with van der Waals surface area (Å²) in [6.07, 6.45) is 0.657. The van der Waals surface area contributed by atoms with Crippen molar-refractivity contribution >= 4 is 46.6 Å². The van der Waals surface area contributed by atoms with Crippen LogP contribution in [0.4, 0.5) is 11.4 Å². The lowest BCUT2D eigenvalue weighted by molar-refractivity contribution is -0.118. The van der Waals surface area contributed by atoms with Crippen molar-refractivity contribution in [3.63, 3.8) is 0 Å². The third-order valence-electron chi connectivity index (χ3n) is 3.73. The van der Waals surface area contributed by atoms with Crippen LogP contribution in [0.3, 0.4) is 0 Å². The van der Waals surface area contributed by atoms with Gasteiger partial charge >= 0.3 is 0 Å². The molecule has 0 bridgehead atoms. The zero-order valence-electron chi connectivity index (χ0n) is 14.8. The highest BCUT2D eigenvalue weighted by Gasteiger charge is 2.12. The number of anilines is 2. The summed E-state index contributed by atoms with van der Waals surface area (Å²) in [5.74, 6) is -1.85. The van der Waals surface area contributed by atoms with E-state index < -0.39 is 17.7 Å². The molecular weight excluding hydrogens is 384 g/mol. The van der Waals surface area contributed by atoms with Crippen LogP contribution in [0, 0.1) is 0 Å². The van der Waals surface area contributed by atoms with Gasteiger partial charge in [-0.15, -0.1) is 0 Å². The van der Waals surface area contributed by atoms with E-state index in [1.807, 2.05) is 0 Å². The zero-order chi connectivity index (χ0) is 20.7. The summed E-state index contributed by atoms with van der Waals surface area (Å²) >= 11 is 5.96. The molecular formula is C19H19ClN4O4. The molecule has 0 spiro atoms. The molecule has 0 unspecified atom stereocenters. The minimum absolute atomic E-state index is 0.0807. The van der Waals surface area contributed by atoms with Gasteiger partial charge in [0.05, 0.1) is 10.6 Å². The molecule has 6 N–H and O–H groups in total. The fraction of sp³-hybridized carbons (Fsp3) is 0.158. The first kappa shape index (κ1) is 20.9. The lowest BCUT2D eigenvalue weighted by Gasteiger charge is -2.10. The summed E-state index contributed by atoms with van der Waals surface area (Å²) in [6, 6.07) is 10.7. The second-order valence-electron chi connectivity index (χ2n) is 5.96. The monoisotopic (exact) mass is 402 g/mol. The number of nitrogens with two attached hydrogens (primary N) is 2. The smallest absolute Gasteiger partial charge is 0.255 e. The van der Waals surface area contributed by atoms with Crippen molar-refractivity contribution in [3.05, 3.63) is 58.6 Å². The molecule has 146 valence electrons. The molecule has 0 saturated heterocycles. The molecule has 0 radical (unpaired) electrons. The maximum atomic E-state index is 12.4. The van der Waals surface area contributed by atoms with Crippen molar-refractivity contribution in [2.75, 3.05) is 10.6 Å². The number of nitrogens with one attached hydrogen (secondary N) is 2. The Morgan fingerprint density at radius 2 is 1.57 bits per heavy atom. The van der Waals surface area contributed by atoms with Crippen molar-refractivity contribution in [3.8, 4) is 0 Å². The number of amides is 4. The fourth-order valence-corrected chi connectivity index (χ4v) is 2.65. The predicted octanol–water partition coefficient (Wildman–Crippen LogP) is 2.29. The van der Waals surface area contributed by atoms with E-state index in [4.69, 9.17) is 23.1 Å². The predicted molar refractivity (Wildman–Crippen MR) is 106 cm³/mol. The number of rotatable bonds is 8. The van der Waals surface area contributed by atoms with E-state index >= 15 is 0 Å². The van der Waals surface area contributed by atoms with Crippen LogP contribution in [0.5, 0.6) is 0 Å². The van der Waals surface area contributed by atoms with Crippen molar-refractivity contribution in [2.45, 2.75) is 19.3 Å². The van der Waals surface area contributed by atoms with Gasteiger partial charge in [0, 0.05) is 29.8 Å². The number of carbonyl (C=O) groups is 4. The molecule has 9 heteroatoms. The zero-order valence-corrected chi connectivity index (χ0v) is 15.6. The second kappa shape index (κ2) is 9.52. The number of benzene rings is 2. The number of halogens is 1. The van der Waals surface area contributed by atoms with E-state index in [1.165, 1.54) is 18.2 Å². The molecule has 2 aromatic carbocycles. The Hall–Kier alpha value is -3.39. The summed E-state index contributed by atoms with van der Waals surface area (Å²) in [6.45, 7) is 0. The summed E-state index contributed by atoms with van der Waals surface area (Å²) < 4.78 is 0. The minimum Gasteiger partial charge on any atom is -0.370 e. The molecule has 0 heterocycles. The first-order valence-corrected chi connectivity index (χ1v) is 8.73. The van der Waals surface area contributed by atoms with Gasteiger partial charge in [0.15, 0.2) is 0 Å². The average Bonchev–Trinajstić information content (AvgIpc) is 2.61. The van der Waals surface area contributed by atoms with Gasteiger partial charge in [0.1, 0.15) is 0 Å². The van der Waals surface area contributed by atoms with E-state index in [0.29, 0.717) is 17.8 Å². The number of hydrogen-bond donors (Lipinski definition) is 4. The highest BCUT2D eigenvalue weighted by atomic mass is 35.5. The largest absolute Gasteiger partial charge is 0.370 e. The van der Waals surface area contributed by atoms with Gasteiger partial charge in [0.2, 0.25) is 17.7 Å². The normalized spacial score (nSPS) is 10.2. The van der Waals surface area contributed by atoms with E-state index in [0.717, 1.165) is 0 Å². The molecule has 0 aliphatic rings. The second-order valence-corrected chi connectivity index (χ2v) is 6.37. The molecule has 2 rings (SSSR count). The Morgan fingerprint density at radius 1 is 0.893 bits per heavy atom. The Balaban J connectivity index is 2.01.